The predicted molar refractivity (Wildman–Crippen MR) is 83.9 cm³/mol. The molecule has 2 rings (SSSR count). The van der Waals surface area contributed by atoms with Crippen molar-refractivity contribution in [2.24, 2.45) is 5.92 Å². The first-order chi connectivity index (χ1) is 9.51. The minimum Gasteiger partial charge on any atom is -0.358 e. The molecule has 1 aromatic carbocycles. The summed E-state index contributed by atoms with van der Waals surface area (Å²) in [5.74, 6) is 0.267. The maximum atomic E-state index is 11.8. The molecule has 0 aliphatic heterocycles. The quantitative estimate of drug-likeness (QED) is 0.890. The molecule has 1 amide bonds. The van der Waals surface area contributed by atoms with Crippen LogP contribution in [0.5, 0.6) is 0 Å². The highest BCUT2D eigenvalue weighted by Gasteiger charge is 2.20. The molecule has 1 atom stereocenters. The van der Waals surface area contributed by atoms with E-state index in [4.69, 9.17) is 0 Å². The van der Waals surface area contributed by atoms with E-state index in [1.165, 1.54) is 10.3 Å². The SMILES string of the molecule is CNC(=O)[C@@H](NCc1nc2cc(C)ccc2s1)C(C)C. The van der Waals surface area contributed by atoms with Crippen LogP contribution in [0.3, 0.4) is 0 Å². The van der Waals surface area contributed by atoms with Crippen LogP contribution in [0, 0.1) is 12.8 Å². The van der Waals surface area contributed by atoms with Gasteiger partial charge in [0.25, 0.3) is 0 Å². The number of carbonyl (C=O) groups is 1. The van der Waals surface area contributed by atoms with E-state index in [1.54, 1.807) is 18.4 Å². The van der Waals surface area contributed by atoms with E-state index in [1.807, 2.05) is 13.8 Å². The lowest BCUT2D eigenvalue weighted by molar-refractivity contribution is -0.123. The summed E-state index contributed by atoms with van der Waals surface area (Å²) in [5.41, 5.74) is 2.25. The molecule has 0 fully saturated rings. The average Bonchev–Trinajstić information content (AvgIpc) is 2.79. The maximum Gasteiger partial charge on any atom is 0.237 e. The number of benzene rings is 1. The summed E-state index contributed by atoms with van der Waals surface area (Å²) < 4.78 is 1.19. The van der Waals surface area contributed by atoms with E-state index in [2.05, 4.69) is 40.7 Å². The summed E-state index contributed by atoms with van der Waals surface area (Å²) in [5, 5.41) is 7.01. The summed E-state index contributed by atoms with van der Waals surface area (Å²) in [6, 6.07) is 6.10. The Labute approximate surface area is 123 Å². The summed E-state index contributed by atoms with van der Waals surface area (Å²) in [7, 11) is 1.67. The Morgan fingerprint density at radius 1 is 1.40 bits per heavy atom. The second-order valence-corrected chi connectivity index (χ2v) is 6.41. The van der Waals surface area contributed by atoms with Crippen LogP contribution in [-0.2, 0) is 11.3 Å². The topological polar surface area (TPSA) is 54.0 Å². The van der Waals surface area contributed by atoms with Crippen molar-refractivity contribution in [3.05, 3.63) is 28.8 Å². The molecule has 0 saturated carbocycles. The number of nitrogens with zero attached hydrogens (tertiary/aromatic N) is 1. The van der Waals surface area contributed by atoms with Gasteiger partial charge in [0, 0.05) is 13.6 Å². The Hall–Kier alpha value is -1.46. The third-order valence-corrected chi connectivity index (χ3v) is 4.29. The van der Waals surface area contributed by atoms with E-state index in [0.29, 0.717) is 6.54 Å². The van der Waals surface area contributed by atoms with E-state index >= 15 is 0 Å². The summed E-state index contributed by atoms with van der Waals surface area (Å²) >= 11 is 1.67. The second-order valence-electron chi connectivity index (χ2n) is 5.30. The Bertz CT molecular complexity index is 606. The van der Waals surface area contributed by atoms with Gasteiger partial charge in [-0.3, -0.25) is 10.1 Å². The highest BCUT2D eigenvalue weighted by molar-refractivity contribution is 7.18. The van der Waals surface area contributed by atoms with Crippen LogP contribution in [0.1, 0.15) is 24.4 Å². The lowest BCUT2D eigenvalue weighted by Gasteiger charge is -2.19. The maximum absolute atomic E-state index is 11.8. The van der Waals surface area contributed by atoms with E-state index in [9.17, 15) is 4.79 Å². The number of nitrogens with one attached hydrogen (secondary N) is 2. The zero-order valence-electron chi connectivity index (χ0n) is 12.4. The van der Waals surface area contributed by atoms with Crippen LogP contribution >= 0.6 is 11.3 Å². The van der Waals surface area contributed by atoms with Gasteiger partial charge in [-0.1, -0.05) is 19.9 Å². The highest BCUT2D eigenvalue weighted by atomic mass is 32.1. The molecule has 1 heterocycles. The van der Waals surface area contributed by atoms with Gasteiger partial charge >= 0.3 is 0 Å². The fourth-order valence-corrected chi connectivity index (χ4v) is 3.04. The molecule has 108 valence electrons. The minimum absolute atomic E-state index is 0.0250. The third kappa shape index (κ3) is 3.35. The normalized spacial score (nSPS) is 12.8. The highest BCUT2D eigenvalue weighted by Crippen LogP contribution is 2.23. The van der Waals surface area contributed by atoms with Crippen LogP contribution < -0.4 is 10.6 Å². The molecule has 0 unspecified atom stereocenters. The standard InChI is InChI=1S/C15H21N3OS/c1-9(2)14(15(19)16-4)17-8-13-18-11-7-10(3)5-6-12(11)20-13/h5-7,9,14,17H,8H2,1-4H3,(H,16,19)/t14-/m0/s1. The average molecular weight is 291 g/mol. The van der Waals surface area contributed by atoms with E-state index < -0.39 is 0 Å². The monoisotopic (exact) mass is 291 g/mol. The molecule has 0 saturated heterocycles. The minimum atomic E-state index is -0.186. The fraction of sp³-hybridized carbons (Fsp3) is 0.467. The van der Waals surface area contributed by atoms with Gasteiger partial charge in [0.15, 0.2) is 0 Å². The molecule has 2 N–H and O–H groups in total. The number of amides is 1. The Morgan fingerprint density at radius 2 is 2.15 bits per heavy atom. The molecule has 4 nitrogen and oxygen atoms in total. The number of hydrogen-bond acceptors (Lipinski definition) is 4. The zero-order valence-corrected chi connectivity index (χ0v) is 13.2. The van der Waals surface area contributed by atoms with Crippen molar-refractivity contribution in [2.75, 3.05) is 7.05 Å². The van der Waals surface area contributed by atoms with Crippen molar-refractivity contribution < 1.29 is 4.79 Å². The lowest BCUT2D eigenvalue weighted by atomic mass is 10.0. The molecule has 0 spiro atoms. The van der Waals surface area contributed by atoms with Crippen LogP contribution in [-0.4, -0.2) is 24.0 Å². The molecule has 20 heavy (non-hydrogen) atoms. The van der Waals surface area contributed by atoms with Crippen LogP contribution in [0.15, 0.2) is 18.2 Å². The van der Waals surface area contributed by atoms with Gasteiger partial charge in [0.05, 0.1) is 16.3 Å². The van der Waals surface area contributed by atoms with Gasteiger partial charge in [0.2, 0.25) is 5.91 Å². The van der Waals surface area contributed by atoms with Gasteiger partial charge in [0.1, 0.15) is 5.01 Å². The molecule has 2 aromatic rings. The summed E-state index contributed by atoms with van der Waals surface area (Å²) in [6.07, 6.45) is 0. The van der Waals surface area contributed by atoms with E-state index in [0.717, 1.165) is 10.5 Å². The van der Waals surface area contributed by atoms with Crippen molar-refractivity contribution in [3.8, 4) is 0 Å². The number of aryl methyl sites for hydroxylation is 1. The van der Waals surface area contributed by atoms with Gasteiger partial charge in [-0.05, 0) is 30.5 Å². The van der Waals surface area contributed by atoms with Crippen molar-refractivity contribution >= 4 is 27.5 Å². The number of thiazole rings is 1. The molecule has 0 aliphatic carbocycles. The molecular weight excluding hydrogens is 270 g/mol. The summed E-state index contributed by atoms with van der Waals surface area (Å²) in [6.45, 7) is 6.76. The predicted octanol–water partition coefficient (Wildman–Crippen LogP) is 2.46. The van der Waals surface area contributed by atoms with Crippen molar-refractivity contribution in [1.82, 2.24) is 15.6 Å². The first-order valence-corrected chi connectivity index (χ1v) is 7.64. The van der Waals surface area contributed by atoms with Gasteiger partial charge in [-0.2, -0.15) is 0 Å². The lowest BCUT2D eigenvalue weighted by Crippen LogP contribution is -2.45. The number of likely N-dealkylation sites (N-methyl/N-ethyl adjacent to an activating group) is 1. The van der Waals surface area contributed by atoms with Crippen molar-refractivity contribution in [3.63, 3.8) is 0 Å². The zero-order chi connectivity index (χ0) is 14.7. The van der Waals surface area contributed by atoms with Crippen LogP contribution in [0.25, 0.3) is 10.2 Å². The Balaban J connectivity index is 2.09. The van der Waals surface area contributed by atoms with Gasteiger partial charge in [-0.25, -0.2) is 4.98 Å². The number of fused-ring (bicyclic) bond motifs is 1. The largest absolute Gasteiger partial charge is 0.358 e. The molecule has 1 aromatic heterocycles. The number of rotatable bonds is 5. The van der Waals surface area contributed by atoms with Crippen molar-refractivity contribution in [2.45, 2.75) is 33.4 Å². The van der Waals surface area contributed by atoms with Gasteiger partial charge in [-0.15, -0.1) is 11.3 Å². The first-order valence-electron chi connectivity index (χ1n) is 6.82. The molecule has 5 heteroatoms. The second kappa shape index (κ2) is 6.33. The van der Waals surface area contributed by atoms with Crippen molar-refractivity contribution in [1.29, 1.82) is 0 Å². The molecule has 0 aliphatic rings. The number of carbonyl (C=O) groups excluding carboxylic acids is 1. The number of hydrogen-bond donors (Lipinski definition) is 2. The third-order valence-electron chi connectivity index (χ3n) is 3.26. The molecule has 0 bridgehead atoms. The van der Waals surface area contributed by atoms with E-state index in [-0.39, 0.29) is 17.9 Å². The summed E-state index contributed by atoms with van der Waals surface area (Å²) in [4.78, 5) is 16.4. The molecule has 0 radical (unpaired) electrons. The number of aromatic nitrogens is 1. The first kappa shape index (κ1) is 14.9. The smallest absolute Gasteiger partial charge is 0.237 e. The Morgan fingerprint density at radius 3 is 2.80 bits per heavy atom. The molecular formula is C15H21N3OS. The van der Waals surface area contributed by atoms with Gasteiger partial charge < -0.3 is 5.32 Å². The fourth-order valence-electron chi connectivity index (χ4n) is 2.14. The van der Waals surface area contributed by atoms with Crippen LogP contribution in [0.2, 0.25) is 0 Å². The Kier molecular flexibility index (Phi) is 4.73. The van der Waals surface area contributed by atoms with Crippen LogP contribution in [0.4, 0.5) is 0 Å².